The van der Waals surface area contributed by atoms with E-state index in [0.29, 0.717) is 24.5 Å². The number of rotatable bonds is 8. The standard InChI is InChI=1S/C16H23BrN2O6/c1-10(2)19-16(21)25-9-24-15(20)18-6-5-11-7-14(23-4)12(17)8-13(11)22-3/h7-8,10H,5-6,9H2,1-4H3,(H,18,20)(H,19,21). The fourth-order valence-electron chi connectivity index (χ4n) is 1.88. The normalized spacial score (nSPS) is 10.2. The number of hydrogen-bond donors (Lipinski definition) is 2. The van der Waals surface area contributed by atoms with E-state index in [1.54, 1.807) is 34.1 Å². The van der Waals surface area contributed by atoms with Gasteiger partial charge in [-0.05, 0) is 53.9 Å². The third kappa shape index (κ3) is 7.51. The van der Waals surface area contributed by atoms with Crippen LogP contribution >= 0.6 is 15.9 Å². The molecule has 0 radical (unpaired) electrons. The molecule has 1 aromatic rings. The molecule has 1 rings (SSSR count). The van der Waals surface area contributed by atoms with Crippen LogP contribution in [-0.2, 0) is 15.9 Å². The monoisotopic (exact) mass is 418 g/mol. The molecule has 0 spiro atoms. The molecule has 0 saturated heterocycles. The van der Waals surface area contributed by atoms with Gasteiger partial charge in [0.2, 0.25) is 6.79 Å². The van der Waals surface area contributed by atoms with Crippen LogP contribution in [0.1, 0.15) is 19.4 Å². The molecule has 25 heavy (non-hydrogen) atoms. The van der Waals surface area contributed by atoms with Crippen molar-refractivity contribution in [3.8, 4) is 11.5 Å². The van der Waals surface area contributed by atoms with Gasteiger partial charge in [-0.2, -0.15) is 0 Å². The maximum absolute atomic E-state index is 11.6. The van der Waals surface area contributed by atoms with Crippen molar-refractivity contribution in [2.75, 3.05) is 27.6 Å². The van der Waals surface area contributed by atoms with Crippen LogP contribution in [-0.4, -0.2) is 45.8 Å². The van der Waals surface area contributed by atoms with E-state index < -0.39 is 19.0 Å². The highest BCUT2D eigenvalue weighted by atomic mass is 79.9. The van der Waals surface area contributed by atoms with Gasteiger partial charge in [0.25, 0.3) is 0 Å². The molecule has 140 valence electrons. The second kappa shape index (κ2) is 10.7. The minimum Gasteiger partial charge on any atom is -0.496 e. The predicted octanol–water partition coefficient (Wildman–Crippen LogP) is 2.83. The van der Waals surface area contributed by atoms with E-state index in [1.807, 2.05) is 6.07 Å². The third-order valence-corrected chi connectivity index (χ3v) is 3.62. The van der Waals surface area contributed by atoms with Gasteiger partial charge in [0.1, 0.15) is 11.5 Å². The van der Waals surface area contributed by atoms with Crippen LogP contribution in [0.5, 0.6) is 11.5 Å². The van der Waals surface area contributed by atoms with Crippen LogP contribution in [0, 0.1) is 0 Å². The highest BCUT2D eigenvalue weighted by Gasteiger charge is 2.11. The second-order valence-electron chi connectivity index (χ2n) is 5.26. The Labute approximate surface area is 155 Å². The Kier molecular flexibility index (Phi) is 8.90. The van der Waals surface area contributed by atoms with Gasteiger partial charge in [0, 0.05) is 12.6 Å². The maximum atomic E-state index is 11.6. The molecular weight excluding hydrogens is 396 g/mol. The van der Waals surface area contributed by atoms with E-state index in [-0.39, 0.29) is 6.04 Å². The molecule has 0 aliphatic heterocycles. The smallest absolute Gasteiger partial charge is 0.410 e. The first-order chi connectivity index (χ1) is 11.9. The number of benzene rings is 1. The number of carbonyl (C=O) groups excluding carboxylic acids is 2. The summed E-state index contributed by atoms with van der Waals surface area (Å²) in [5.74, 6) is 1.35. The van der Waals surface area contributed by atoms with Gasteiger partial charge in [0.05, 0.1) is 18.7 Å². The quantitative estimate of drug-likeness (QED) is 0.630. The zero-order chi connectivity index (χ0) is 18.8. The van der Waals surface area contributed by atoms with Gasteiger partial charge in [0.15, 0.2) is 0 Å². The number of alkyl carbamates (subject to hydrolysis) is 2. The Morgan fingerprint density at radius 2 is 1.72 bits per heavy atom. The molecule has 1 aromatic carbocycles. The third-order valence-electron chi connectivity index (χ3n) is 3.01. The largest absolute Gasteiger partial charge is 0.496 e. The van der Waals surface area contributed by atoms with E-state index in [4.69, 9.17) is 18.9 Å². The molecule has 9 heteroatoms. The lowest BCUT2D eigenvalue weighted by atomic mass is 10.1. The molecule has 0 atom stereocenters. The van der Waals surface area contributed by atoms with Gasteiger partial charge in [-0.3, -0.25) is 0 Å². The summed E-state index contributed by atoms with van der Waals surface area (Å²) in [4.78, 5) is 22.8. The van der Waals surface area contributed by atoms with Crippen molar-refractivity contribution in [1.29, 1.82) is 0 Å². The van der Waals surface area contributed by atoms with Crippen LogP contribution in [0.25, 0.3) is 0 Å². The number of methoxy groups -OCH3 is 2. The van der Waals surface area contributed by atoms with Gasteiger partial charge >= 0.3 is 12.2 Å². The first-order valence-electron chi connectivity index (χ1n) is 7.61. The Morgan fingerprint density at radius 1 is 1.08 bits per heavy atom. The van der Waals surface area contributed by atoms with Crippen molar-refractivity contribution in [1.82, 2.24) is 10.6 Å². The fraction of sp³-hybridized carbons (Fsp3) is 0.500. The number of carbonyl (C=O) groups is 2. The number of hydrogen-bond acceptors (Lipinski definition) is 6. The Balaban J connectivity index is 2.39. The SMILES string of the molecule is COc1cc(CCNC(=O)OCOC(=O)NC(C)C)c(OC)cc1Br. The topological polar surface area (TPSA) is 95.1 Å². The van der Waals surface area contributed by atoms with E-state index in [9.17, 15) is 9.59 Å². The Morgan fingerprint density at radius 3 is 2.32 bits per heavy atom. The van der Waals surface area contributed by atoms with Gasteiger partial charge < -0.3 is 29.6 Å². The lowest BCUT2D eigenvalue weighted by Gasteiger charge is -2.13. The molecule has 0 saturated carbocycles. The average Bonchev–Trinajstić information content (AvgIpc) is 2.55. The van der Waals surface area contributed by atoms with E-state index >= 15 is 0 Å². The Hall–Kier alpha value is -2.16. The second-order valence-corrected chi connectivity index (χ2v) is 6.11. The molecule has 0 fully saturated rings. The number of nitrogens with one attached hydrogen (secondary N) is 2. The molecule has 0 unspecified atom stereocenters. The highest BCUT2D eigenvalue weighted by molar-refractivity contribution is 9.10. The van der Waals surface area contributed by atoms with Gasteiger partial charge in [-0.1, -0.05) is 0 Å². The summed E-state index contributed by atoms with van der Waals surface area (Å²) in [5.41, 5.74) is 0.871. The van der Waals surface area contributed by atoms with Crippen LogP contribution in [0.15, 0.2) is 16.6 Å². The molecule has 0 bridgehead atoms. The predicted molar refractivity (Wildman–Crippen MR) is 95.1 cm³/mol. The number of amides is 2. The van der Waals surface area contributed by atoms with Crippen molar-refractivity contribution < 1.29 is 28.5 Å². The van der Waals surface area contributed by atoms with E-state index in [0.717, 1.165) is 10.0 Å². The minimum absolute atomic E-state index is 0.0563. The summed E-state index contributed by atoms with van der Waals surface area (Å²) < 4.78 is 20.8. The summed E-state index contributed by atoms with van der Waals surface area (Å²) in [7, 11) is 3.14. The Bertz CT molecular complexity index is 594. The lowest BCUT2D eigenvalue weighted by molar-refractivity contribution is 0.0237. The van der Waals surface area contributed by atoms with Gasteiger partial charge in [-0.15, -0.1) is 0 Å². The molecule has 0 aliphatic rings. The average molecular weight is 419 g/mol. The minimum atomic E-state index is -0.680. The molecule has 2 N–H and O–H groups in total. The summed E-state index contributed by atoms with van der Waals surface area (Å²) in [6.45, 7) is 3.44. The summed E-state index contributed by atoms with van der Waals surface area (Å²) in [6, 6.07) is 3.57. The van der Waals surface area contributed by atoms with Gasteiger partial charge in [-0.25, -0.2) is 9.59 Å². The number of ether oxygens (including phenoxy) is 4. The summed E-state index contributed by atoms with van der Waals surface area (Å²) in [5, 5.41) is 5.07. The summed E-state index contributed by atoms with van der Waals surface area (Å²) in [6.07, 6.45) is -0.814. The number of halogens is 1. The van der Waals surface area contributed by atoms with Crippen molar-refractivity contribution in [3.05, 3.63) is 22.2 Å². The van der Waals surface area contributed by atoms with Crippen molar-refractivity contribution in [2.24, 2.45) is 0 Å². The van der Waals surface area contributed by atoms with Crippen LogP contribution < -0.4 is 20.1 Å². The first kappa shape index (κ1) is 20.9. The zero-order valence-corrected chi connectivity index (χ0v) is 16.3. The van der Waals surface area contributed by atoms with E-state index in [1.165, 1.54) is 0 Å². The van der Waals surface area contributed by atoms with Crippen LogP contribution in [0.4, 0.5) is 9.59 Å². The maximum Gasteiger partial charge on any atom is 0.410 e. The van der Waals surface area contributed by atoms with E-state index in [2.05, 4.69) is 26.6 Å². The lowest BCUT2D eigenvalue weighted by Crippen LogP contribution is -2.33. The molecule has 2 amide bonds. The van der Waals surface area contributed by atoms with Crippen LogP contribution in [0.3, 0.4) is 0 Å². The van der Waals surface area contributed by atoms with Crippen molar-refractivity contribution in [3.63, 3.8) is 0 Å². The first-order valence-corrected chi connectivity index (χ1v) is 8.41. The highest BCUT2D eigenvalue weighted by Crippen LogP contribution is 2.32. The van der Waals surface area contributed by atoms with Crippen molar-refractivity contribution in [2.45, 2.75) is 26.3 Å². The van der Waals surface area contributed by atoms with Crippen LogP contribution in [0.2, 0.25) is 0 Å². The summed E-state index contributed by atoms with van der Waals surface area (Å²) >= 11 is 3.39. The van der Waals surface area contributed by atoms with Crippen molar-refractivity contribution >= 4 is 28.1 Å². The molecule has 8 nitrogen and oxygen atoms in total. The fourth-order valence-corrected chi connectivity index (χ4v) is 2.37. The molecule has 0 heterocycles. The molecular formula is C16H23BrN2O6. The molecule has 0 aliphatic carbocycles. The zero-order valence-electron chi connectivity index (χ0n) is 14.7. The molecule has 0 aromatic heterocycles.